The Morgan fingerprint density at radius 2 is 1.89 bits per heavy atom. The lowest BCUT2D eigenvalue weighted by Crippen LogP contribution is -2.37. The highest BCUT2D eigenvalue weighted by Gasteiger charge is 1.99. The predicted octanol–water partition coefficient (Wildman–Crippen LogP) is 3.05. The van der Waals surface area contributed by atoms with E-state index in [1.165, 1.54) is 5.56 Å². The maximum Gasteiger partial charge on any atom is 0.191 e. The zero-order valence-electron chi connectivity index (χ0n) is 11.3. The summed E-state index contributed by atoms with van der Waals surface area (Å²) >= 11 is 5.84. The fraction of sp³-hybridized carbons (Fsp3) is 0.500. The van der Waals surface area contributed by atoms with Gasteiger partial charge in [0.15, 0.2) is 5.96 Å². The first-order valence-electron chi connectivity index (χ1n) is 6.30. The molecule has 18 heavy (non-hydrogen) atoms. The average molecular weight is 268 g/mol. The van der Waals surface area contributed by atoms with Crippen molar-refractivity contribution >= 4 is 17.6 Å². The molecule has 100 valence electrons. The van der Waals surface area contributed by atoms with E-state index in [0.717, 1.165) is 30.5 Å². The fourth-order valence-electron chi connectivity index (χ4n) is 1.49. The molecule has 0 saturated heterocycles. The van der Waals surface area contributed by atoms with Gasteiger partial charge >= 0.3 is 0 Å². The number of nitrogens with zero attached hydrogens (tertiary/aromatic N) is 1. The van der Waals surface area contributed by atoms with Gasteiger partial charge in [0, 0.05) is 25.2 Å². The molecule has 1 rings (SSSR count). The van der Waals surface area contributed by atoms with Crippen LogP contribution in [0.5, 0.6) is 0 Å². The number of hydrogen-bond donors (Lipinski definition) is 2. The van der Waals surface area contributed by atoms with E-state index in [0.29, 0.717) is 5.92 Å². The van der Waals surface area contributed by atoms with Crippen molar-refractivity contribution < 1.29 is 0 Å². The molecule has 3 nitrogen and oxygen atoms in total. The van der Waals surface area contributed by atoms with Crippen LogP contribution in [-0.2, 0) is 6.54 Å². The molecule has 0 bridgehead atoms. The van der Waals surface area contributed by atoms with Crippen molar-refractivity contribution in [2.75, 3.05) is 13.6 Å². The van der Waals surface area contributed by atoms with Gasteiger partial charge in [-0.1, -0.05) is 37.6 Å². The lowest BCUT2D eigenvalue weighted by atomic mass is 10.1. The molecule has 0 spiro atoms. The molecule has 1 aromatic carbocycles. The molecule has 4 heteroatoms. The highest BCUT2D eigenvalue weighted by molar-refractivity contribution is 6.30. The first kappa shape index (κ1) is 14.8. The van der Waals surface area contributed by atoms with Crippen LogP contribution in [0.2, 0.25) is 5.02 Å². The van der Waals surface area contributed by atoms with Crippen LogP contribution in [0.4, 0.5) is 0 Å². The first-order valence-corrected chi connectivity index (χ1v) is 6.68. The van der Waals surface area contributed by atoms with Crippen molar-refractivity contribution in [3.8, 4) is 0 Å². The summed E-state index contributed by atoms with van der Waals surface area (Å²) in [5, 5.41) is 7.33. The molecule has 0 unspecified atom stereocenters. The number of halogens is 1. The molecule has 0 aliphatic carbocycles. The lowest BCUT2D eigenvalue weighted by molar-refractivity contribution is 0.573. The van der Waals surface area contributed by atoms with Gasteiger partial charge in [-0.05, 0) is 30.0 Å². The summed E-state index contributed by atoms with van der Waals surface area (Å²) < 4.78 is 0. The standard InChI is InChI=1S/C14H22ClN3/c1-11(2)8-9-17-14(16-3)18-10-12-4-6-13(15)7-5-12/h4-7,11H,8-10H2,1-3H3,(H2,16,17,18). The molecule has 0 aliphatic heterocycles. The fourth-order valence-corrected chi connectivity index (χ4v) is 1.61. The number of benzene rings is 1. The Hall–Kier alpha value is -1.22. The van der Waals surface area contributed by atoms with Crippen molar-refractivity contribution in [3.05, 3.63) is 34.9 Å². The van der Waals surface area contributed by atoms with Gasteiger partial charge in [0.05, 0.1) is 0 Å². The Morgan fingerprint density at radius 3 is 2.44 bits per heavy atom. The third-order valence-corrected chi connectivity index (χ3v) is 2.86. The molecule has 2 N–H and O–H groups in total. The minimum atomic E-state index is 0.701. The monoisotopic (exact) mass is 267 g/mol. The predicted molar refractivity (Wildman–Crippen MR) is 79.1 cm³/mol. The first-order chi connectivity index (χ1) is 8.61. The molecular weight excluding hydrogens is 246 g/mol. The van der Waals surface area contributed by atoms with Gasteiger partial charge in [-0.15, -0.1) is 0 Å². The van der Waals surface area contributed by atoms with E-state index in [1.54, 1.807) is 7.05 Å². The van der Waals surface area contributed by atoms with E-state index in [4.69, 9.17) is 11.6 Å². The highest BCUT2D eigenvalue weighted by Crippen LogP contribution is 2.08. The third-order valence-electron chi connectivity index (χ3n) is 2.61. The average Bonchev–Trinajstić information content (AvgIpc) is 2.35. The van der Waals surface area contributed by atoms with Crippen molar-refractivity contribution in [2.45, 2.75) is 26.8 Å². The van der Waals surface area contributed by atoms with Crippen molar-refractivity contribution in [1.29, 1.82) is 0 Å². The maximum absolute atomic E-state index is 5.84. The Kier molecular flexibility index (Phi) is 6.58. The van der Waals surface area contributed by atoms with E-state index in [-0.39, 0.29) is 0 Å². The molecule has 0 aromatic heterocycles. The molecular formula is C14H22ClN3. The Balaban J connectivity index is 2.33. The summed E-state index contributed by atoms with van der Waals surface area (Å²) in [4.78, 5) is 4.19. The summed E-state index contributed by atoms with van der Waals surface area (Å²) in [6, 6.07) is 7.81. The second-order valence-electron chi connectivity index (χ2n) is 4.66. The topological polar surface area (TPSA) is 36.4 Å². The second-order valence-corrected chi connectivity index (χ2v) is 5.10. The van der Waals surface area contributed by atoms with E-state index in [9.17, 15) is 0 Å². The minimum absolute atomic E-state index is 0.701. The van der Waals surface area contributed by atoms with Crippen LogP contribution in [0.25, 0.3) is 0 Å². The second kappa shape index (κ2) is 7.98. The van der Waals surface area contributed by atoms with Crippen LogP contribution in [0.3, 0.4) is 0 Å². The van der Waals surface area contributed by atoms with E-state index in [2.05, 4.69) is 29.5 Å². The van der Waals surface area contributed by atoms with Crippen LogP contribution >= 0.6 is 11.6 Å². The largest absolute Gasteiger partial charge is 0.356 e. The molecule has 0 aliphatic rings. The Morgan fingerprint density at radius 1 is 1.22 bits per heavy atom. The molecule has 0 heterocycles. The lowest BCUT2D eigenvalue weighted by Gasteiger charge is -2.12. The van der Waals surface area contributed by atoms with Crippen LogP contribution in [0.1, 0.15) is 25.8 Å². The quantitative estimate of drug-likeness (QED) is 0.636. The van der Waals surface area contributed by atoms with Gasteiger partial charge in [-0.25, -0.2) is 0 Å². The summed E-state index contributed by atoms with van der Waals surface area (Å²) in [7, 11) is 1.78. The van der Waals surface area contributed by atoms with Gasteiger partial charge in [0.1, 0.15) is 0 Å². The zero-order chi connectivity index (χ0) is 13.4. The van der Waals surface area contributed by atoms with Gasteiger partial charge < -0.3 is 10.6 Å². The van der Waals surface area contributed by atoms with Gasteiger partial charge in [-0.3, -0.25) is 4.99 Å². The van der Waals surface area contributed by atoms with E-state index < -0.39 is 0 Å². The van der Waals surface area contributed by atoms with Crippen LogP contribution in [0.15, 0.2) is 29.3 Å². The van der Waals surface area contributed by atoms with Crippen LogP contribution in [-0.4, -0.2) is 19.6 Å². The third kappa shape index (κ3) is 5.92. The van der Waals surface area contributed by atoms with Gasteiger partial charge in [0.2, 0.25) is 0 Å². The smallest absolute Gasteiger partial charge is 0.191 e. The Bertz CT molecular complexity index is 371. The molecule has 0 radical (unpaired) electrons. The number of rotatable bonds is 5. The van der Waals surface area contributed by atoms with E-state index in [1.807, 2.05) is 24.3 Å². The molecule has 1 aromatic rings. The Labute approximate surface area is 115 Å². The number of hydrogen-bond acceptors (Lipinski definition) is 1. The number of guanidine groups is 1. The summed E-state index contributed by atoms with van der Waals surface area (Å²) in [5.74, 6) is 1.54. The maximum atomic E-state index is 5.84. The normalized spacial score (nSPS) is 11.7. The number of aliphatic imine (C=N–C) groups is 1. The van der Waals surface area contributed by atoms with Crippen LogP contribution < -0.4 is 10.6 Å². The number of nitrogens with one attached hydrogen (secondary N) is 2. The highest BCUT2D eigenvalue weighted by atomic mass is 35.5. The summed E-state index contributed by atoms with van der Waals surface area (Å²) in [5.41, 5.74) is 1.19. The molecule has 0 fully saturated rings. The summed E-state index contributed by atoms with van der Waals surface area (Å²) in [6.45, 7) is 6.12. The summed E-state index contributed by atoms with van der Waals surface area (Å²) in [6.07, 6.45) is 1.14. The SMILES string of the molecule is CN=C(NCCC(C)C)NCc1ccc(Cl)cc1. The molecule has 0 atom stereocenters. The van der Waals surface area contributed by atoms with Gasteiger partial charge in [0.25, 0.3) is 0 Å². The van der Waals surface area contributed by atoms with Crippen molar-refractivity contribution in [2.24, 2.45) is 10.9 Å². The van der Waals surface area contributed by atoms with Crippen molar-refractivity contribution in [3.63, 3.8) is 0 Å². The van der Waals surface area contributed by atoms with E-state index >= 15 is 0 Å². The van der Waals surface area contributed by atoms with Crippen LogP contribution in [0, 0.1) is 5.92 Å². The minimum Gasteiger partial charge on any atom is -0.356 e. The zero-order valence-corrected chi connectivity index (χ0v) is 12.1. The molecule has 0 saturated carbocycles. The van der Waals surface area contributed by atoms with Gasteiger partial charge in [-0.2, -0.15) is 0 Å². The molecule has 0 amide bonds. The van der Waals surface area contributed by atoms with Crippen molar-refractivity contribution in [1.82, 2.24) is 10.6 Å².